The molecule has 0 atom stereocenters. The Balaban J connectivity index is 0.844. The smallest absolute Gasteiger partial charge is 0.145 e. The zero-order valence-corrected chi connectivity index (χ0v) is 39.5. The van der Waals surface area contributed by atoms with Crippen LogP contribution in [0.5, 0.6) is 0 Å². The van der Waals surface area contributed by atoms with Crippen LogP contribution in [0.4, 0.5) is 0 Å². The summed E-state index contributed by atoms with van der Waals surface area (Å²) in [4.78, 5) is 29.3. The lowest BCUT2D eigenvalue weighted by Crippen LogP contribution is -1.98. The van der Waals surface area contributed by atoms with E-state index >= 15 is 0 Å². The van der Waals surface area contributed by atoms with Gasteiger partial charge in [0.1, 0.15) is 22.6 Å². The molecule has 73 heavy (non-hydrogen) atoms. The lowest BCUT2D eigenvalue weighted by atomic mass is 10.1. The van der Waals surface area contributed by atoms with Crippen molar-refractivity contribution < 1.29 is 0 Å². The Morgan fingerprint density at radius 2 is 0.671 bits per heavy atom. The van der Waals surface area contributed by atoms with E-state index in [0.29, 0.717) is 0 Å². The first-order valence-corrected chi connectivity index (χ1v) is 25.0. The van der Waals surface area contributed by atoms with Crippen molar-refractivity contribution in [1.82, 2.24) is 48.2 Å². The van der Waals surface area contributed by atoms with Gasteiger partial charge >= 0.3 is 0 Å². The van der Waals surface area contributed by atoms with Gasteiger partial charge in [0.05, 0.1) is 39.1 Å². The molecule has 11 heteroatoms. The van der Waals surface area contributed by atoms with Crippen LogP contribution in [0.25, 0.3) is 143 Å². The molecule has 5 aromatic carbocycles. The number of thiophene rings is 1. The number of aromatic nitrogens is 10. The highest BCUT2D eigenvalue weighted by molar-refractivity contribution is 7.17. The molecule has 0 unspecified atom stereocenters. The summed E-state index contributed by atoms with van der Waals surface area (Å²) in [5.74, 6) is 0. The lowest BCUT2D eigenvalue weighted by molar-refractivity contribution is 1.12. The summed E-state index contributed by atoms with van der Waals surface area (Å²) >= 11 is 1.75. The van der Waals surface area contributed by atoms with Gasteiger partial charge in [-0.05, 0) is 152 Å². The van der Waals surface area contributed by atoms with Gasteiger partial charge in [-0.3, -0.25) is 28.2 Å². The van der Waals surface area contributed by atoms with Gasteiger partial charge in [-0.1, -0.05) is 24.3 Å². The first-order valence-electron chi connectivity index (χ1n) is 24.1. The average Bonchev–Trinajstić information content (AvgIpc) is 4.27. The van der Waals surface area contributed by atoms with E-state index in [-0.39, 0.29) is 0 Å². The number of pyridine rings is 6. The van der Waals surface area contributed by atoms with Crippen LogP contribution in [0, 0.1) is 0 Å². The van der Waals surface area contributed by atoms with Gasteiger partial charge in [0.2, 0.25) is 0 Å². The average molecular weight is 953 g/mol. The minimum Gasteiger partial charge on any atom is -0.294 e. The Bertz CT molecular complexity index is 4930. The highest BCUT2D eigenvalue weighted by Crippen LogP contribution is 2.42. The van der Waals surface area contributed by atoms with Crippen LogP contribution >= 0.6 is 11.3 Å². The van der Waals surface area contributed by atoms with E-state index in [1.807, 2.05) is 85.7 Å². The van der Waals surface area contributed by atoms with E-state index in [1.54, 1.807) is 11.3 Å². The largest absolute Gasteiger partial charge is 0.294 e. The summed E-state index contributed by atoms with van der Waals surface area (Å²) in [6, 6.07) is 62.2. The SMILES string of the molecule is c1ccc(-c2ccc3c(c2)c2cccnc2n3-c2ccc3c(c2)c2cccnc2n3-c2ccc3scc(-n4c5ccc(-n6c7ccc(-c8ccccn8)cc7c7cccnc76)cc5c5cccnc54)c3c2)nc1. The molecule has 0 fully saturated rings. The normalized spacial score (nSPS) is 12.1. The molecule has 0 amide bonds. The number of fused-ring (bicyclic) bond motifs is 13. The molecule has 340 valence electrons. The topological polar surface area (TPSA) is 97.1 Å². The summed E-state index contributed by atoms with van der Waals surface area (Å²) in [6.07, 6.45) is 11.2. The summed E-state index contributed by atoms with van der Waals surface area (Å²) in [6.45, 7) is 0. The van der Waals surface area contributed by atoms with E-state index in [1.165, 1.54) is 4.70 Å². The van der Waals surface area contributed by atoms with Crippen LogP contribution < -0.4 is 0 Å². The van der Waals surface area contributed by atoms with Gasteiger partial charge in [0, 0.05) is 124 Å². The van der Waals surface area contributed by atoms with Gasteiger partial charge < -0.3 is 0 Å². The number of rotatable bonds is 6. The molecule has 0 bridgehead atoms. The van der Waals surface area contributed by atoms with Crippen LogP contribution in [-0.4, -0.2) is 48.2 Å². The quantitative estimate of drug-likeness (QED) is 0.165. The minimum atomic E-state index is 0.893. The molecular formula is C62H36N10S. The second-order valence-electron chi connectivity index (χ2n) is 18.4. The monoisotopic (exact) mass is 952 g/mol. The van der Waals surface area contributed by atoms with E-state index in [4.69, 9.17) is 19.9 Å². The summed E-state index contributed by atoms with van der Waals surface area (Å²) in [5.41, 5.74) is 16.1. The molecule has 10 nitrogen and oxygen atoms in total. The maximum atomic E-state index is 5.07. The first-order chi connectivity index (χ1) is 36.2. The second kappa shape index (κ2) is 15.3. The minimum absolute atomic E-state index is 0.893. The van der Waals surface area contributed by atoms with Gasteiger partial charge in [0.15, 0.2) is 0 Å². The van der Waals surface area contributed by atoms with E-state index in [9.17, 15) is 0 Å². The third kappa shape index (κ3) is 5.85. The molecular weight excluding hydrogens is 917 g/mol. The summed E-state index contributed by atoms with van der Waals surface area (Å²) in [5, 5.41) is 12.2. The van der Waals surface area contributed by atoms with Crippen LogP contribution in [0.1, 0.15) is 0 Å². The molecule has 0 aliphatic rings. The van der Waals surface area contributed by atoms with Crippen molar-refractivity contribution in [3.63, 3.8) is 0 Å². The Morgan fingerprint density at radius 3 is 1.12 bits per heavy atom. The van der Waals surface area contributed by atoms with E-state index < -0.39 is 0 Å². The molecule has 11 aromatic heterocycles. The molecule has 0 radical (unpaired) electrons. The third-order valence-electron chi connectivity index (χ3n) is 14.5. The predicted molar refractivity (Wildman–Crippen MR) is 297 cm³/mol. The van der Waals surface area contributed by atoms with Crippen LogP contribution in [0.3, 0.4) is 0 Å². The molecule has 0 spiro atoms. The Morgan fingerprint density at radius 1 is 0.288 bits per heavy atom. The Hall–Kier alpha value is -9.84. The Labute approximate surface area is 419 Å². The second-order valence-corrected chi connectivity index (χ2v) is 19.3. The standard InChI is InChI=1S/C62H36N10S/c1-3-25-63-51(13-1)37-15-20-53-46(31-37)42-9-5-27-65-59(42)69(53)39-17-22-55-48(33-39)44-11-7-29-67-61(44)71(55)41-19-24-58-50(35-41)57(36-73-58)72-56-23-18-40(34-49(56)45-12-8-30-68-62(45)72)70-54-21-16-38(52-14-2-4-26-64-52)32-47(54)43-10-6-28-66-60(43)70/h1-36H. The van der Waals surface area contributed by atoms with Gasteiger partial charge in [-0.25, -0.2) is 19.9 Å². The lowest BCUT2D eigenvalue weighted by Gasteiger charge is -2.11. The van der Waals surface area contributed by atoms with Crippen molar-refractivity contribution in [3.05, 3.63) is 218 Å². The van der Waals surface area contributed by atoms with E-state index in [0.717, 1.165) is 138 Å². The highest BCUT2D eigenvalue weighted by Gasteiger charge is 2.22. The summed E-state index contributed by atoms with van der Waals surface area (Å²) in [7, 11) is 0. The van der Waals surface area contributed by atoms with Crippen molar-refractivity contribution in [3.8, 4) is 45.3 Å². The molecule has 0 aliphatic carbocycles. The number of benzene rings is 5. The van der Waals surface area contributed by atoms with Gasteiger partial charge in [-0.15, -0.1) is 11.3 Å². The third-order valence-corrected chi connectivity index (χ3v) is 15.5. The molecule has 0 saturated heterocycles. The fraction of sp³-hybridized carbons (Fsp3) is 0. The molecule has 11 heterocycles. The zero-order chi connectivity index (χ0) is 47.7. The van der Waals surface area contributed by atoms with Crippen LogP contribution in [0.2, 0.25) is 0 Å². The van der Waals surface area contributed by atoms with Crippen molar-refractivity contribution in [2.75, 3.05) is 0 Å². The fourth-order valence-corrected chi connectivity index (χ4v) is 12.3. The van der Waals surface area contributed by atoms with Gasteiger partial charge in [-0.2, -0.15) is 0 Å². The maximum absolute atomic E-state index is 5.07. The van der Waals surface area contributed by atoms with Crippen molar-refractivity contribution in [1.29, 1.82) is 0 Å². The van der Waals surface area contributed by atoms with E-state index in [2.05, 4.69) is 161 Å². The molecule has 16 aromatic rings. The number of hydrogen-bond acceptors (Lipinski definition) is 7. The van der Waals surface area contributed by atoms with Gasteiger partial charge in [0.25, 0.3) is 0 Å². The Kier molecular flexibility index (Phi) is 8.39. The molecule has 0 saturated carbocycles. The van der Waals surface area contributed by atoms with Crippen LogP contribution in [-0.2, 0) is 0 Å². The molecule has 16 rings (SSSR count). The number of hydrogen-bond donors (Lipinski definition) is 0. The predicted octanol–water partition coefficient (Wildman–Crippen LogP) is 15.0. The van der Waals surface area contributed by atoms with Crippen molar-refractivity contribution in [2.24, 2.45) is 0 Å². The summed E-state index contributed by atoms with van der Waals surface area (Å²) < 4.78 is 10.4. The van der Waals surface area contributed by atoms with Crippen molar-refractivity contribution >= 4 is 109 Å². The van der Waals surface area contributed by atoms with Crippen molar-refractivity contribution in [2.45, 2.75) is 0 Å². The maximum Gasteiger partial charge on any atom is 0.145 e. The number of nitrogens with zero attached hydrogens (tertiary/aromatic N) is 10. The first kappa shape index (κ1) is 39.9. The molecule has 0 aliphatic heterocycles. The highest BCUT2D eigenvalue weighted by atomic mass is 32.1. The zero-order valence-electron chi connectivity index (χ0n) is 38.7. The fourth-order valence-electron chi connectivity index (χ4n) is 11.4. The molecule has 0 N–H and O–H groups in total. The van der Waals surface area contributed by atoms with Crippen LogP contribution in [0.15, 0.2) is 218 Å².